The number of imidazole rings is 1. The van der Waals surface area contributed by atoms with E-state index in [1.54, 1.807) is 19.1 Å². The topological polar surface area (TPSA) is 99.6 Å². The molecule has 1 saturated heterocycles. The molecule has 8 nitrogen and oxygen atoms in total. The summed E-state index contributed by atoms with van der Waals surface area (Å²) in [6.07, 6.45) is 2.20. The number of anilines is 1. The van der Waals surface area contributed by atoms with Gasteiger partial charge in [0.25, 0.3) is 0 Å². The van der Waals surface area contributed by atoms with Crippen LogP contribution in [0.2, 0.25) is 5.02 Å². The van der Waals surface area contributed by atoms with Gasteiger partial charge in [-0.15, -0.1) is 0 Å². The number of aromatic nitrogens is 2. The number of nitrogens with one attached hydrogen (secondary N) is 2. The van der Waals surface area contributed by atoms with Crippen molar-refractivity contribution < 1.29 is 19.0 Å². The van der Waals surface area contributed by atoms with E-state index in [1.807, 2.05) is 12.1 Å². The summed E-state index contributed by atoms with van der Waals surface area (Å²) < 4.78 is 22.2. The normalized spacial score (nSPS) is 25.1. The van der Waals surface area contributed by atoms with E-state index in [0.29, 0.717) is 55.1 Å². The van der Waals surface area contributed by atoms with Crippen LogP contribution in [0.15, 0.2) is 35.1 Å². The standard InChI is InChI=1S/C26H28ClFN4O4/c1-25(35)13-16(14-25)32-22-19(28)11-17(12-21(22)30-24(32)34)36-9-8-31-6-4-26(5-7-31)18-10-15(27)2-3-20(18)29-23(26)33/h2-3,10-12,16,35H,4-9,13-14H2,1H3,(H,29,33)(H,30,34). The van der Waals surface area contributed by atoms with E-state index in [0.717, 1.165) is 24.3 Å². The van der Waals surface area contributed by atoms with Crippen molar-refractivity contribution in [3.8, 4) is 5.75 Å². The number of hydrogen-bond acceptors (Lipinski definition) is 5. The number of aliphatic hydroxyl groups is 1. The van der Waals surface area contributed by atoms with Crippen LogP contribution >= 0.6 is 11.6 Å². The molecule has 2 fully saturated rings. The molecule has 1 aliphatic carbocycles. The highest BCUT2D eigenvalue weighted by atomic mass is 35.5. The molecular formula is C26H28ClFN4O4. The molecule has 1 amide bonds. The van der Waals surface area contributed by atoms with Crippen LogP contribution in [-0.4, -0.2) is 57.3 Å². The molecule has 1 saturated carbocycles. The third-order valence-corrected chi connectivity index (χ3v) is 8.26. The predicted octanol–water partition coefficient (Wildman–Crippen LogP) is 3.57. The second-order valence-electron chi connectivity index (χ2n) is 10.6. The van der Waals surface area contributed by atoms with Crippen molar-refractivity contribution in [1.82, 2.24) is 14.5 Å². The molecule has 3 aromatic rings. The number of carbonyl (C=O) groups is 1. The van der Waals surface area contributed by atoms with E-state index in [4.69, 9.17) is 16.3 Å². The summed E-state index contributed by atoms with van der Waals surface area (Å²) in [6, 6.07) is 8.25. The van der Waals surface area contributed by atoms with Gasteiger partial charge in [-0.05, 0) is 69.5 Å². The van der Waals surface area contributed by atoms with Crippen LogP contribution in [-0.2, 0) is 10.2 Å². The number of aromatic amines is 1. The largest absolute Gasteiger partial charge is 0.492 e. The second kappa shape index (κ2) is 8.33. The molecule has 0 radical (unpaired) electrons. The molecule has 0 bridgehead atoms. The molecule has 6 rings (SSSR count). The van der Waals surface area contributed by atoms with Crippen LogP contribution in [0.1, 0.15) is 44.2 Å². The summed E-state index contributed by atoms with van der Waals surface area (Å²) in [5, 5.41) is 13.6. The van der Waals surface area contributed by atoms with Gasteiger partial charge in [0, 0.05) is 35.4 Å². The van der Waals surface area contributed by atoms with E-state index < -0.39 is 16.8 Å². The van der Waals surface area contributed by atoms with E-state index >= 15 is 0 Å². The molecule has 36 heavy (non-hydrogen) atoms. The summed E-state index contributed by atoms with van der Waals surface area (Å²) in [7, 11) is 0. The summed E-state index contributed by atoms with van der Waals surface area (Å²) in [6.45, 7) is 4.16. The maximum absolute atomic E-state index is 15.0. The number of carbonyl (C=O) groups excluding carboxylic acids is 1. The average Bonchev–Trinajstić information content (AvgIpc) is 3.27. The molecule has 190 valence electrons. The fourth-order valence-corrected chi connectivity index (χ4v) is 6.27. The Morgan fingerprint density at radius 2 is 1.94 bits per heavy atom. The molecule has 10 heteroatoms. The number of ether oxygens (including phenoxy) is 1. The van der Waals surface area contributed by atoms with Gasteiger partial charge < -0.3 is 20.1 Å². The van der Waals surface area contributed by atoms with Gasteiger partial charge in [0.1, 0.15) is 17.9 Å². The molecule has 3 aliphatic rings. The maximum Gasteiger partial charge on any atom is 0.326 e. The summed E-state index contributed by atoms with van der Waals surface area (Å²) >= 11 is 6.20. The summed E-state index contributed by atoms with van der Waals surface area (Å²) in [4.78, 5) is 30.2. The third kappa shape index (κ3) is 3.81. The first kappa shape index (κ1) is 23.5. The monoisotopic (exact) mass is 514 g/mol. The Morgan fingerprint density at radius 1 is 1.19 bits per heavy atom. The number of halogens is 2. The molecule has 3 heterocycles. The van der Waals surface area contributed by atoms with Crippen LogP contribution in [0.25, 0.3) is 11.0 Å². The van der Waals surface area contributed by atoms with E-state index in [1.165, 1.54) is 10.6 Å². The lowest BCUT2D eigenvalue weighted by molar-refractivity contribution is -0.122. The fraction of sp³-hybridized carbons (Fsp3) is 0.462. The summed E-state index contributed by atoms with van der Waals surface area (Å²) in [5.74, 6) is -0.149. The number of piperidine rings is 1. The number of likely N-dealkylation sites (tertiary alicyclic amines) is 1. The average molecular weight is 515 g/mol. The van der Waals surface area contributed by atoms with E-state index in [-0.39, 0.29) is 23.2 Å². The minimum absolute atomic E-state index is 0.0332. The molecule has 1 spiro atoms. The van der Waals surface area contributed by atoms with E-state index in [2.05, 4.69) is 15.2 Å². The van der Waals surface area contributed by atoms with E-state index in [9.17, 15) is 19.1 Å². The number of hydrogen-bond donors (Lipinski definition) is 3. The van der Waals surface area contributed by atoms with Gasteiger partial charge >= 0.3 is 5.69 Å². The number of nitrogens with zero attached hydrogens (tertiary/aromatic N) is 2. The zero-order valence-corrected chi connectivity index (χ0v) is 20.7. The Balaban J connectivity index is 1.09. The molecule has 2 aliphatic heterocycles. The molecule has 2 aromatic carbocycles. The van der Waals surface area contributed by atoms with Crippen LogP contribution in [0.5, 0.6) is 5.75 Å². The Hall–Kier alpha value is -2.88. The molecule has 0 unspecified atom stereocenters. The third-order valence-electron chi connectivity index (χ3n) is 8.02. The molecular weight excluding hydrogens is 487 g/mol. The Labute approximate surface area is 212 Å². The quantitative estimate of drug-likeness (QED) is 0.483. The van der Waals surface area contributed by atoms with Gasteiger partial charge in [0.05, 0.1) is 16.5 Å². The van der Waals surface area contributed by atoms with Crippen LogP contribution in [0, 0.1) is 5.82 Å². The first-order chi connectivity index (χ1) is 17.1. The van der Waals surface area contributed by atoms with Crippen molar-refractivity contribution >= 4 is 34.2 Å². The molecule has 0 atom stereocenters. The van der Waals surface area contributed by atoms with Crippen molar-refractivity contribution in [2.24, 2.45) is 0 Å². The van der Waals surface area contributed by atoms with Crippen molar-refractivity contribution in [2.75, 3.05) is 31.6 Å². The van der Waals surface area contributed by atoms with Crippen LogP contribution in [0.4, 0.5) is 10.1 Å². The van der Waals surface area contributed by atoms with Gasteiger partial charge in [0.2, 0.25) is 5.91 Å². The van der Waals surface area contributed by atoms with Gasteiger partial charge in [-0.25, -0.2) is 9.18 Å². The Kier molecular flexibility index (Phi) is 5.44. The zero-order chi connectivity index (χ0) is 25.2. The summed E-state index contributed by atoms with van der Waals surface area (Å²) in [5.41, 5.74) is 0.662. The molecule has 3 N–H and O–H groups in total. The first-order valence-corrected chi connectivity index (χ1v) is 12.7. The SMILES string of the molecule is CC1(O)CC(n2c(=O)[nH]c3cc(OCCN4CCC5(CC4)C(=O)Nc4ccc(Cl)cc45)cc(F)c32)C1. The van der Waals surface area contributed by atoms with Crippen LogP contribution in [0.3, 0.4) is 0 Å². The smallest absolute Gasteiger partial charge is 0.326 e. The number of rotatable bonds is 5. The van der Waals surface area contributed by atoms with Gasteiger partial charge in [-0.1, -0.05) is 11.6 Å². The zero-order valence-electron chi connectivity index (χ0n) is 19.9. The Morgan fingerprint density at radius 3 is 2.67 bits per heavy atom. The molecule has 1 aromatic heterocycles. The highest BCUT2D eigenvalue weighted by Gasteiger charge is 2.48. The first-order valence-electron chi connectivity index (χ1n) is 12.3. The van der Waals surface area contributed by atoms with Crippen molar-refractivity contribution in [3.63, 3.8) is 0 Å². The van der Waals surface area contributed by atoms with Crippen molar-refractivity contribution in [2.45, 2.75) is 49.7 Å². The second-order valence-corrected chi connectivity index (χ2v) is 11.0. The van der Waals surface area contributed by atoms with Gasteiger partial charge in [0.15, 0.2) is 5.82 Å². The lowest BCUT2D eigenvalue weighted by atomic mass is 9.73. The van der Waals surface area contributed by atoms with Crippen LogP contribution < -0.4 is 15.7 Å². The minimum Gasteiger partial charge on any atom is -0.492 e. The number of amides is 1. The number of benzene rings is 2. The van der Waals surface area contributed by atoms with Gasteiger partial charge in [-0.2, -0.15) is 0 Å². The highest BCUT2D eigenvalue weighted by molar-refractivity contribution is 6.31. The lowest BCUT2D eigenvalue weighted by Gasteiger charge is -2.41. The highest BCUT2D eigenvalue weighted by Crippen LogP contribution is 2.46. The van der Waals surface area contributed by atoms with Crippen molar-refractivity contribution in [1.29, 1.82) is 0 Å². The Bertz CT molecular complexity index is 1420. The maximum atomic E-state index is 15.0. The number of fused-ring (bicyclic) bond motifs is 3. The van der Waals surface area contributed by atoms with Crippen molar-refractivity contribution in [3.05, 3.63) is 57.2 Å². The minimum atomic E-state index is -0.820. The number of H-pyrrole nitrogens is 1. The lowest BCUT2D eigenvalue weighted by Crippen LogP contribution is -2.47. The predicted molar refractivity (Wildman–Crippen MR) is 134 cm³/mol. The fourth-order valence-electron chi connectivity index (χ4n) is 6.09. The van der Waals surface area contributed by atoms with Gasteiger partial charge in [-0.3, -0.25) is 14.3 Å².